The summed E-state index contributed by atoms with van der Waals surface area (Å²) in [7, 11) is 0. The van der Waals surface area contributed by atoms with Gasteiger partial charge in [-0.1, -0.05) is 17.7 Å². The minimum Gasteiger partial charge on any atom is -0.508 e. The molecule has 3 aromatic rings. The number of amides is 1. The summed E-state index contributed by atoms with van der Waals surface area (Å²) in [5.74, 6) is -2.65. The first kappa shape index (κ1) is 16.9. The SMILES string of the molecule is O=C(Nc1ccn(Cc2cc(O)ccc2Cl)n1)c1c(F)cccc1F. The minimum atomic E-state index is -0.955. The Morgan fingerprint density at radius 3 is 2.64 bits per heavy atom. The van der Waals surface area contributed by atoms with E-state index in [1.807, 2.05) is 0 Å². The molecule has 25 heavy (non-hydrogen) atoms. The van der Waals surface area contributed by atoms with Crippen LogP contribution >= 0.6 is 11.6 Å². The number of aromatic hydroxyl groups is 1. The maximum atomic E-state index is 13.6. The number of hydrogen-bond acceptors (Lipinski definition) is 3. The van der Waals surface area contributed by atoms with Crippen LogP contribution in [-0.2, 0) is 6.54 Å². The molecule has 8 heteroatoms. The van der Waals surface area contributed by atoms with Crippen molar-refractivity contribution in [2.75, 3.05) is 5.32 Å². The molecule has 5 nitrogen and oxygen atoms in total. The van der Waals surface area contributed by atoms with E-state index in [0.717, 1.165) is 12.1 Å². The van der Waals surface area contributed by atoms with Crippen LogP contribution < -0.4 is 5.32 Å². The van der Waals surface area contributed by atoms with Crippen molar-refractivity contribution in [1.29, 1.82) is 0 Å². The zero-order chi connectivity index (χ0) is 18.0. The van der Waals surface area contributed by atoms with Gasteiger partial charge in [-0.15, -0.1) is 0 Å². The average molecular weight is 364 g/mol. The second-order valence-electron chi connectivity index (χ2n) is 5.23. The summed E-state index contributed by atoms with van der Waals surface area (Å²) < 4.78 is 28.7. The lowest BCUT2D eigenvalue weighted by molar-refractivity contribution is 0.101. The van der Waals surface area contributed by atoms with E-state index in [1.54, 1.807) is 12.3 Å². The van der Waals surface area contributed by atoms with Crippen LogP contribution in [0.5, 0.6) is 5.75 Å². The first-order valence-corrected chi connectivity index (χ1v) is 7.58. The van der Waals surface area contributed by atoms with E-state index in [-0.39, 0.29) is 18.1 Å². The van der Waals surface area contributed by atoms with Gasteiger partial charge in [0.2, 0.25) is 0 Å². The number of rotatable bonds is 4. The van der Waals surface area contributed by atoms with Gasteiger partial charge in [-0.3, -0.25) is 9.48 Å². The van der Waals surface area contributed by atoms with Gasteiger partial charge < -0.3 is 10.4 Å². The summed E-state index contributed by atoms with van der Waals surface area (Å²) in [4.78, 5) is 12.0. The number of nitrogens with zero attached hydrogens (tertiary/aromatic N) is 2. The topological polar surface area (TPSA) is 67.2 Å². The summed E-state index contributed by atoms with van der Waals surface area (Å²) in [6.07, 6.45) is 1.56. The lowest BCUT2D eigenvalue weighted by atomic mass is 10.2. The van der Waals surface area contributed by atoms with Gasteiger partial charge in [-0.2, -0.15) is 5.10 Å². The Balaban J connectivity index is 1.76. The molecule has 3 rings (SSSR count). The fourth-order valence-electron chi connectivity index (χ4n) is 2.27. The van der Waals surface area contributed by atoms with Crippen LogP contribution in [0.15, 0.2) is 48.7 Å². The van der Waals surface area contributed by atoms with Crippen molar-refractivity contribution in [2.45, 2.75) is 6.54 Å². The molecule has 0 fully saturated rings. The van der Waals surface area contributed by atoms with Crippen molar-refractivity contribution >= 4 is 23.3 Å². The molecule has 1 heterocycles. The molecule has 2 N–H and O–H groups in total. The zero-order valence-corrected chi connectivity index (χ0v) is 13.5. The van der Waals surface area contributed by atoms with Gasteiger partial charge in [-0.05, 0) is 35.9 Å². The van der Waals surface area contributed by atoms with E-state index in [4.69, 9.17) is 11.6 Å². The second kappa shape index (κ2) is 6.90. The molecule has 2 aromatic carbocycles. The molecule has 128 valence electrons. The van der Waals surface area contributed by atoms with Crippen LogP contribution in [0.1, 0.15) is 15.9 Å². The highest BCUT2D eigenvalue weighted by Crippen LogP contribution is 2.22. The van der Waals surface area contributed by atoms with E-state index in [0.29, 0.717) is 10.6 Å². The average Bonchev–Trinajstić information content (AvgIpc) is 2.98. The summed E-state index contributed by atoms with van der Waals surface area (Å²) >= 11 is 6.05. The molecule has 0 aliphatic rings. The first-order valence-electron chi connectivity index (χ1n) is 7.20. The van der Waals surface area contributed by atoms with Crippen LogP contribution in [0.25, 0.3) is 0 Å². The van der Waals surface area contributed by atoms with Crippen molar-refractivity contribution in [3.05, 3.63) is 76.4 Å². The molecule has 0 unspecified atom stereocenters. The van der Waals surface area contributed by atoms with Crippen molar-refractivity contribution in [3.8, 4) is 5.75 Å². The highest BCUT2D eigenvalue weighted by molar-refractivity contribution is 6.31. The number of halogens is 3. The Kier molecular flexibility index (Phi) is 4.67. The molecule has 0 bridgehead atoms. The van der Waals surface area contributed by atoms with Crippen LogP contribution in [0, 0.1) is 11.6 Å². The molecule has 0 aliphatic heterocycles. The molecule has 0 saturated heterocycles. The molecule has 1 aromatic heterocycles. The summed E-state index contributed by atoms with van der Waals surface area (Å²) in [5.41, 5.74) is -0.0455. The zero-order valence-electron chi connectivity index (χ0n) is 12.7. The highest BCUT2D eigenvalue weighted by Gasteiger charge is 2.18. The maximum absolute atomic E-state index is 13.6. The second-order valence-corrected chi connectivity index (χ2v) is 5.63. The van der Waals surface area contributed by atoms with Gasteiger partial charge in [-0.25, -0.2) is 8.78 Å². The van der Waals surface area contributed by atoms with Crippen LogP contribution in [0.4, 0.5) is 14.6 Å². The van der Waals surface area contributed by atoms with Crippen LogP contribution in [0.2, 0.25) is 5.02 Å². The molecule has 0 aliphatic carbocycles. The van der Waals surface area contributed by atoms with E-state index in [1.165, 1.54) is 28.9 Å². The number of carbonyl (C=O) groups is 1. The Labute approximate surface area is 146 Å². The summed E-state index contributed by atoms with van der Waals surface area (Å²) in [5, 5.41) is 16.4. The van der Waals surface area contributed by atoms with Gasteiger partial charge in [0.05, 0.1) is 6.54 Å². The monoisotopic (exact) mass is 363 g/mol. The van der Waals surface area contributed by atoms with Crippen LogP contribution in [-0.4, -0.2) is 20.8 Å². The van der Waals surface area contributed by atoms with E-state index < -0.39 is 23.1 Å². The van der Waals surface area contributed by atoms with Crippen molar-refractivity contribution < 1.29 is 18.7 Å². The maximum Gasteiger partial charge on any atom is 0.262 e. The number of carbonyl (C=O) groups excluding carboxylic acids is 1. The van der Waals surface area contributed by atoms with Gasteiger partial charge in [0.1, 0.15) is 22.9 Å². The molecule has 0 saturated carbocycles. The lowest BCUT2D eigenvalue weighted by Crippen LogP contribution is -2.16. The van der Waals surface area contributed by atoms with Gasteiger partial charge in [0.15, 0.2) is 5.82 Å². The normalized spacial score (nSPS) is 10.7. The number of phenolic OH excluding ortho intramolecular Hbond substituents is 1. The molecular formula is C17H12ClF2N3O2. The van der Waals surface area contributed by atoms with Crippen molar-refractivity contribution in [3.63, 3.8) is 0 Å². The number of hydrogen-bond donors (Lipinski definition) is 2. The van der Waals surface area contributed by atoms with Crippen molar-refractivity contribution in [1.82, 2.24) is 9.78 Å². The number of phenols is 1. The molecule has 0 radical (unpaired) electrons. The minimum absolute atomic E-state index is 0.0649. The van der Waals surface area contributed by atoms with E-state index in [9.17, 15) is 18.7 Å². The Bertz CT molecular complexity index is 923. The summed E-state index contributed by atoms with van der Waals surface area (Å²) in [6.45, 7) is 0.247. The fraction of sp³-hybridized carbons (Fsp3) is 0.0588. The first-order chi connectivity index (χ1) is 11.9. The fourth-order valence-corrected chi connectivity index (χ4v) is 2.44. The number of nitrogens with one attached hydrogen (secondary N) is 1. The number of anilines is 1. The van der Waals surface area contributed by atoms with Crippen LogP contribution in [0.3, 0.4) is 0 Å². The predicted octanol–water partition coefficient (Wildman–Crippen LogP) is 3.82. The molecule has 0 spiro atoms. The Hall–Kier alpha value is -2.93. The molecule has 0 atom stereocenters. The van der Waals surface area contributed by atoms with E-state index in [2.05, 4.69) is 10.4 Å². The van der Waals surface area contributed by atoms with Gasteiger partial charge in [0.25, 0.3) is 5.91 Å². The van der Waals surface area contributed by atoms with Gasteiger partial charge >= 0.3 is 0 Å². The standard InChI is InChI=1S/C17H12ClF2N3O2/c18-12-5-4-11(24)8-10(12)9-23-7-6-15(22-23)21-17(25)16-13(19)2-1-3-14(16)20/h1-8,24H,9H2,(H,21,22,25). The molecular weight excluding hydrogens is 352 g/mol. The summed E-state index contributed by atoms with van der Waals surface area (Å²) in [6, 6.07) is 9.17. The third-order valence-corrected chi connectivity index (χ3v) is 3.80. The largest absolute Gasteiger partial charge is 0.508 e. The number of aromatic nitrogens is 2. The smallest absolute Gasteiger partial charge is 0.262 e. The Morgan fingerprint density at radius 1 is 1.20 bits per heavy atom. The third-order valence-electron chi connectivity index (χ3n) is 3.43. The Morgan fingerprint density at radius 2 is 1.92 bits per heavy atom. The predicted molar refractivity (Wildman–Crippen MR) is 88.8 cm³/mol. The third kappa shape index (κ3) is 3.77. The number of benzene rings is 2. The molecule has 1 amide bonds. The van der Waals surface area contributed by atoms with Crippen molar-refractivity contribution in [2.24, 2.45) is 0 Å². The lowest BCUT2D eigenvalue weighted by Gasteiger charge is -2.06. The van der Waals surface area contributed by atoms with E-state index >= 15 is 0 Å². The highest BCUT2D eigenvalue weighted by atomic mass is 35.5. The quantitative estimate of drug-likeness (QED) is 0.740. The van der Waals surface area contributed by atoms with Gasteiger partial charge in [0, 0.05) is 17.3 Å².